The summed E-state index contributed by atoms with van der Waals surface area (Å²) in [7, 11) is 0. The van der Waals surface area contributed by atoms with Gasteiger partial charge in [-0.15, -0.1) is 0 Å². The van der Waals surface area contributed by atoms with Crippen molar-refractivity contribution in [2.75, 3.05) is 6.61 Å². The number of aliphatic hydroxyl groups excluding tert-OH is 1. The lowest BCUT2D eigenvalue weighted by Crippen LogP contribution is -2.42. The molecule has 0 radical (unpaired) electrons. The first-order valence-corrected chi connectivity index (χ1v) is 4.11. The molecule has 0 saturated heterocycles. The minimum atomic E-state index is -4.25. The molecule has 0 aromatic heterocycles. The predicted octanol–water partition coefficient (Wildman–Crippen LogP) is 1.24. The first-order chi connectivity index (χ1) is 4.98. The van der Waals surface area contributed by atoms with Crippen molar-refractivity contribution in [3.05, 3.63) is 0 Å². The Morgan fingerprint density at radius 3 is 2.27 bits per heavy atom. The Balaban J connectivity index is 2.67. The van der Waals surface area contributed by atoms with Crippen LogP contribution in [0.3, 0.4) is 0 Å². The van der Waals surface area contributed by atoms with Crippen molar-refractivity contribution < 1.29 is 18.3 Å². The highest BCUT2D eigenvalue weighted by Gasteiger charge is 2.70. The number of alkyl halides is 3. The first-order valence-electron chi connectivity index (χ1n) is 3.03. The fourth-order valence-corrected chi connectivity index (χ4v) is 2.03. The molecule has 0 aromatic carbocycles. The van der Waals surface area contributed by atoms with Crippen LogP contribution in [0.5, 0.6) is 0 Å². The lowest BCUT2D eigenvalue weighted by molar-refractivity contribution is -0.164. The quantitative estimate of drug-likeness (QED) is 0.589. The molecule has 1 aliphatic rings. The monoisotopic (exact) mass is 281 g/mol. The summed E-state index contributed by atoms with van der Waals surface area (Å²) in [5.74, 6) is -0.667. The van der Waals surface area contributed by atoms with Gasteiger partial charge in [0.1, 0.15) is 5.54 Å². The van der Waals surface area contributed by atoms with Crippen molar-refractivity contribution in [3.63, 3.8) is 0 Å². The molecule has 1 saturated carbocycles. The molecule has 0 aliphatic heterocycles. The Bertz CT molecular complexity index is 162. The van der Waals surface area contributed by atoms with E-state index in [0.717, 1.165) is 0 Å². The molecular weight excluding hydrogens is 274 g/mol. The Morgan fingerprint density at radius 2 is 2.18 bits per heavy atom. The minimum Gasteiger partial charge on any atom is -0.396 e. The number of hydrogen-bond acceptors (Lipinski definition) is 2. The van der Waals surface area contributed by atoms with Gasteiger partial charge in [-0.05, 0) is 6.42 Å². The summed E-state index contributed by atoms with van der Waals surface area (Å²) in [6.07, 6.45) is -4.27. The molecule has 2 unspecified atom stereocenters. The maximum absolute atomic E-state index is 12.2. The van der Waals surface area contributed by atoms with Gasteiger partial charge in [-0.3, -0.25) is 0 Å². The van der Waals surface area contributed by atoms with Crippen LogP contribution in [0.2, 0.25) is 0 Å². The van der Waals surface area contributed by atoms with Gasteiger partial charge in [-0.2, -0.15) is 13.2 Å². The van der Waals surface area contributed by atoms with E-state index in [1.165, 1.54) is 22.9 Å². The van der Waals surface area contributed by atoms with Crippen molar-refractivity contribution >= 4 is 22.9 Å². The van der Waals surface area contributed by atoms with E-state index < -0.39 is 24.2 Å². The van der Waals surface area contributed by atoms with Gasteiger partial charge in [-0.25, -0.2) is 3.53 Å². The molecule has 66 valence electrons. The van der Waals surface area contributed by atoms with Crippen LogP contribution in [0.15, 0.2) is 0 Å². The molecule has 0 bridgehead atoms. The fraction of sp³-hybridized carbons (Fsp3) is 1.00. The molecule has 11 heavy (non-hydrogen) atoms. The number of hydrogen-bond donors (Lipinski definition) is 2. The Labute approximate surface area is 75.7 Å². The van der Waals surface area contributed by atoms with E-state index in [0.29, 0.717) is 0 Å². The van der Waals surface area contributed by atoms with Gasteiger partial charge in [0.2, 0.25) is 0 Å². The number of rotatable bonds is 2. The van der Waals surface area contributed by atoms with Gasteiger partial charge < -0.3 is 5.11 Å². The van der Waals surface area contributed by atoms with E-state index >= 15 is 0 Å². The zero-order valence-corrected chi connectivity index (χ0v) is 7.61. The average Bonchev–Trinajstić information content (AvgIpc) is 2.60. The van der Waals surface area contributed by atoms with Crippen molar-refractivity contribution in [2.24, 2.45) is 5.92 Å². The third-order valence-corrected chi connectivity index (χ3v) is 2.96. The van der Waals surface area contributed by atoms with Crippen LogP contribution in [-0.4, -0.2) is 23.4 Å². The topological polar surface area (TPSA) is 32.3 Å². The van der Waals surface area contributed by atoms with E-state index in [9.17, 15) is 13.2 Å². The maximum Gasteiger partial charge on any atom is 0.407 e. The molecule has 0 spiro atoms. The minimum absolute atomic E-state index is 0.0179. The summed E-state index contributed by atoms with van der Waals surface area (Å²) in [6.45, 7) is -0.407. The molecular formula is C5H7F3INO. The number of aliphatic hydroxyl groups is 1. The summed E-state index contributed by atoms with van der Waals surface area (Å²) < 4.78 is 38.6. The third-order valence-electron chi connectivity index (χ3n) is 2.00. The fourth-order valence-electron chi connectivity index (χ4n) is 1.07. The zero-order valence-electron chi connectivity index (χ0n) is 5.45. The van der Waals surface area contributed by atoms with Gasteiger partial charge in [0.05, 0.1) is 0 Å². The summed E-state index contributed by atoms with van der Waals surface area (Å²) in [6, 6.07) is 0. The Hall–Kier alpha value is 0.440. The van der Waals surface area contributed by atoms with Crippen LogP contribution in [0, 0.1) is 5.92 Å². The second-order valence-corrected chi connectivity index (χ2v) is 3.19. The molecule has 0 amide bonds. The average molecular weight is 281 g/mol. The second-order valence-electron chi connectivity index (χ2n) is 2.65. The predicted molar refractivity (Wildman–Crippen MR) is 41.1 cm³/mol. The highest BCUT2D eigenvalue weighted by Crippen LogP contribution is 2.54. The molecule has 1 aliphatic carbocycles. The normalized spacial score (nSPS) is 37.4. The van der Waals surface area contributed by atoms with Crippen LogP contribution in [0.25, 0.3) is 0 Å². The molecule has 2 N–H and O–H groups in total. The standard InChI is InChI=1S/C5H7F3INO/c6-5(7,8)4(10-9)1-3(4)2-11/h3,10-11H,1-2H2. The van der Waals surface area contributed by atoms with Crippen molar-refractivity contribution in [1.29, 1.82) is 0 Å². The molecule has 1 rings (SSSR count). The lowest BCUT2D eigenvalue weighted by atomic mass is 10.2. The number of nitrogens with one attached hydrogen (secondary N) is 1. The van der Waals surface area contributed by atoms with Gasteiger partial charge in [0.25, 0.3) is 0 Å². The molecule has 0 heterocycles. The van der Waals surface area contributed by atoms with Crippen molar-refractivity contribution in [1.82, 2.24) is 3.53 Å². The van der Waals surface area contributed by atoms with Crippen molar-refractivity contribution in [3.8, 4) is 0 Å². The van der Waals surface area contributed by atoms with E-state index in [2.05, 4.69) is 3.53 Å². The summed E-state index contributed by atoms with van der Waals surface area (Å²) in [4.78, 5) is 0. The molecule has 1 fully saturated rings. The highest BCUT2D eigenvalue weighted by molar-refractivity contribution is 14.1. The van der Waals surface area contributed by atoms with Gasteiger partial charge in [-0.1, -0.05) is 0 Å². The van der Waals surface area contributed by atoms with Gasteiger partial charge in [0.15, 0.2) is 0 Å². The summed E-state index contributed by atoms with van der Waals surface area (Å²) in [5.41, 5.74) is -1.82. The summed E-state index contributed by atoms with van der Waals surface area (Å²) in [5, 5.41) is 8.49. The van der Waals surface area contributed by atoms with Crippen LogP contribution in [0.1, 0.15) is 6.42 Å². The van der Waals surface area contributed by atoms with E-state index in [-0.39, 0.29) is 6.42 Å². The molecule has 0 aromatic rings. The Morgan fingerprint density at radius 1 is 1.64 bits per heavy atom. The maximum atomic E-state index is 12.2. The first kappa shape index (κ1) is 9.53. The van der Waals surface area contributed by atoms with Gasteiger partial charge in [0, 0.05) is 35.4 Å². The largest absolute Gasteiger partial charge is 0.407 e. The highest BCUT2D eigenvalue weighted by atomic mass is 127. The molecule has 2 atom stereocenters. The second kappa shape index (κ2) is 2.74. The molecule has 6 heteroatoms. The van der Waals surface area contributed by atoms with E-state index in [1.54, 1.807) is 0 Å². The summed E-state index contributed by atoms with van der Waals surface area (Å²) >= 11 is 1.48. The lowest BCUT2D eigenvalue weighted by Gasteiger charge is -2.18. The third kappa shape index (κ3) is 1.35. The SMILES string of the molecule is OCC1CC1(NI)C(F)(F)F. The van der Waals surface area contributed by atoms with E-state index in [4.69, 9.17) is 5.11 Å². The van der Waals surface area contributed by atoms with E-state index in [1.807, 2.05) is 0 Å². The van der Waals surface area contributed by atoms with Crippen LogP contribution >= 0.6 is 22.9 Å². The molecule has 2 nitrogen and oxygen atoms in total. The Kier molecular flexibility index (Phi) is 2.37. The van der Waals surface area contributed by atoms with Crippen LogP contribution in [0.4, 0.5) is 13.2 Å². The van der Waals surface area contributed by atoms with Gasteiger partial charge >= 0.3 is 6.18 Å². The van der Waals surface area contributed by atoms with Crippen molar-refractivity contribution in [2.45, 2.75) is 18.1 Å². The van der Waals surface area contributed by atoms with Crippen LogP contribution < -0.4 is 3.53 Å². The number of halogens is 4. The zero-order chi connectivity index (χ0) is 8.70. The smallest absolute Gasteiger partial charge is 0.396 e. The van der Waals surface area contributed by atoms with Crippen LogP contribution in [-0.2, 0) is 0 Å².